The molecule has 0 bridgehead atoms. The number of benzene rings is 1. The maximum atomic E-state index is 9.65. The predicted octanol–water partition coefficient (Wildman–Crippen LogP) is 1.86. The van der Waals surface area contributed by atoms with E-state index in [1.807, 2.05) is 19.2 Å². The van der Waals surface area contributed by atoms with Gasteiger partial charge in [0, 0.05) is 11.1 Å². The Bertz CT molecular complexity index is 559. The first-order chi connectivity index (χ1) is 8.11. The Kier molecular flexibility index (Phi) is 3.14. The fraction of sp³-hybridized carbons (Fsp3) is 0.182. The van der Waals surface area contributed by atoms with Gasteiger partial charge in [-0.1, -0.05) is 23.9 Å². The van der Waals surface area contributed by atoms with Gasteiger partial charge in [0.15, 0.2) is 11.0 Å². The van der Waals surface area contributed by atoms with Crippen LogP contribution in [0, 0.1) is 6.92 Å². The number of phenols is 1. The lowest BCUT2D eigenvalue weighted by Crippen LogP contribution is -2.02. The molecule has 3 N–H and O–H groups in total. The van der Waals surface area contributed by atoms with E-state index in [0.717, 1.165) is 11.1 Å². The summed E-state index contributed by atoms with van der Waals surface area (Å²) >= 11 is 1.40. The van der Waals surface area contributed by atoms with Crippen LogP contribution in [0.15, 0.2) is 23.4 Å². The van der Waals surface area contributed by atoms with E-state index in [0.29, 0.717) is 11.0 Å². The van der Waals surface area contributed by atoms with E-state index < -0.39 is 0 Å². The van der Waals surface area contributed by atoms with Crippen LogP contribution >= 0.6 is 11.8 Å². The van der Waals surface area contributed by atoms with Crippen LogP contribution in [0.1, 0.15) is 5.56 Å². The van der Waals surface area contributed by atoms with Crippen molar-refractivity contribution < 1.29 is 5.11 Å². The van der Waals surface area contributed by atoms with Crippen molar-refractivity contribution in [2.45, 2.75) is 12.1 Å². The summed E-state index contributed by atoms with van der Waals surface area (Å²) in [6, 6.07) is 5.21. The predicted molar refractivity (Wildman–Crippen MR) is 67.9 cm³/mol. The second-order valence-electron chi connectivity index (χ2n) is 3.45. The molecule has 0 fully saturated rings. The molecule has 1 aromatic heterocycles. The molecular formula is C11H12N4OS. The molecule has 1 heterocycles. The molecular weight excluding hydrogens is 236 g/mol. The number of rotatable bonds is 2. The van der Waals surface area contributed by atoms with Gasteiger partial charge in [-0.3, -0.25) is 0 Å². The Morgan fingerprint density at radius 1 is 1.24 bits per heavy atom. The molecule has 0 saturated carbocycles. The lowest BCUT2D eigenvalue weighted by Gasteiger charge is -2.07. The fourth-order valence-corrected chi connectivity index (χ4v) is 1.81. The van der Waals surface area contributed by atoms with E-state index in [1.54, 1.807) is 12.1 Å². The Labute approximate surface area is 103 Å². The highest BCUT2D eigenvalue weighted by molar-refractivity contribution is 7.98. The Morgan fingerprint density at radius 2 is 2.00 bits per heavy atom. The van der Waals surface area contributed by atoms with Crippen molar-refractivity contribution >= 4 is 17.7 Å². The van der Waals surface area contributed by atoms with Gasteiger partial charge in [-0.25, -0.2) is 4.98 Å². The van der Waals surface area contributed by atoms with Gasteiger partial charge in [-0.15, -0.1) is 0 Å². The smallest absolute Gasteiger partial charge is 0.224 e. The van der Waals surface area contributed by atoms with Crippen LogP contribution in [-0.2, 0) is 0 Å². The van der Waals surface area contributed by atoms with E-state index in [2.05, 4.69) is 15.0 Å². The van der Waals surface area contributed by atoms with Crippen molar-refractivity contribution in [2.24, 2.45) is 0 Å². The highest BCUT2D eigenvalue weighted by atomic mass is 32.2. The molecule has 1 aromatic carbocycles. The van der Waals surface area contributed by atoms with Crippen LogP contribution in [0.3, 0.4) is 0 Å². The second-order valence-corrected chi connectivity index (χ2v) is 4.23. The van der Waals surface area contributed by atoms with Crippen molar-refractivity contribution in [1.29, 1.82) is 0 Å². The Hall–Kier alpha value is -1.82. The first kappa shape index (κ1) is 11.7. The molecule has 0 saturated heterocycles. The van der Waals surface area contributed by atoms with Crippen LogP contribution in [0.25, 0.3) is 11.4 Å². The minimum Gasteiger partial charge on any atom is -0.508 e. The SMILES string of the molecule is CSc1nc(N)nc(-c2cccc(O)c2C)n1. The van der Waals surface area contributed by atoms with Gasteiger partial charge in [-0.05, 0) is 19.2 Å². The van der Waals surface area contributed by atoms with Gasteiger partial charge in [-0.2, -0.15) is 9.97 Å². The maximum Gasteiger partial charge on any atom is 0.224 e. The molecule has 2 rings (SSSR count). The van der Waals surface area contributed by atoms with Crippen LogP contribution in [0.2, 0.25) is 0 Å². The zero-order chi connectivity index (χ0) is 12.4. The van der Waals surface area contributed by atoms with E-state index in [1.165, 1.54) is 11.8 Å². The molecule has 2 aromatic rings. The van der Waals surface area contributed by atoms with Crippen LogP contribution in [0.5, 0.6) is 5.75 Å². The summed E-state index contributed by atoms with van der Waals surface area (Å²) < 4.78 is 0. The van der Waals surface area contributed by atoms with E-state index >= 15 is 0 Å². The van der Waals surface area contributed by atoms with E-state index in [9.17, 15) is 5.11 Å². The topological polar surface area (TPSA) is 84.9 Å². The molecule has 6 heteroatoms. The zero-order valence-corrected chi connectivity index (χ0v) is 10.3. The van der Waals surface area contributed by atoms with Gasteiger partial charge >= 0.3 is 0 Å². The number of hydrogen-bond donors (Lipinski definition) is 2. The van der Waals surface area contributed by atoms with Crippen LogP contribution < -0.4 is 5.73 Å². The van der Waals surface area contributed by atoms with Gasteiger partial charge in [0.25, 0.3) is 0 Å². The summed E-state index contributed by atoms with van der Waals surface area (Å²) in [7, 11) is 0. The van der Waals surface area contributed by atoms with Crippen molar-refractivity contribution in [2.75, 3.05) is 12.0 Å². The molecule has 0 unspecified atom stereocenters. The third-order valence-electron chi connectivity index (χ3n) is 2.36. The number of aromatic hydroxyl groups is 1. The molecule has 0 aliphatic carbocycles. The highest BCUT2D eigenvalue weighted by Crippen LogP contribution is 2.27. The lowest BCUT2D eigenvalue weighted by molar-refractivity contribution is 0.471. The van der Waals surface area contributed by atoms with Crippen molar-refractivity contribution in [3.8, 4) is 17.1 Å². The summed E-state index contributed by atoms with van der Waals surface area (Å²) in [4.78, 5) is 12.3. The van der Waals surface area contributed by atoms with Crippen LogP contribution in [0.4, 0.5) is 5.95 Å². The number of hydrogen-bond acceptors (Lipinski definition) is 6. The lowest BCUT2D eigenvalue weighted by atomic mass is 10.1. The quantitative estimate of drug-likeness (QED) is 0.789. The van der Waals surface area contributed by atoms with E-state index in [4.69, 9.17) is 5.73 Å². The highest BCUT2D eigenvalue weighted by Gasteiger charge is 2.10. The molecule has 0 spiro atoms. The standard InChI is InChI=1S/C11H12N4OS/c1-6-7(4-3-5-8(6)16)9-13-10(12)15-11(14-9)17-2/h3-5,16H,1-2H3,(H2,12,13,14,15). The number of thioether (sulfide) groups is 1. The number of nitrogens with zero attached hydrogens (tertiary/aromatic N) is 3. The Balaban J connectivity index is 2.60. The fourth-order valence-electron chi connectivity index (χ4n) is 1.45. The van der Waals surface area contributed by atoms with Crippen molar-refractivity contribution in [3.05, 3.63) is 23.8 Å². The summed E-state index contributed by atoms with van der Waals surface area (Å²) in [6.45, 7) is 1.81. The normalized spacial score (nSPS) is 10.5. The number of nitrogen functional groups attached to an aromatic ring is 1. The van der Waals surface area contributed by atoms with E-state index in [-0.39, 0.29) is 11.7 Å². The number of aromatic nitrogens is 3. The average Bonchev–Trinajstić information content (AvgIpc) is 2.31. The number of nitrogens with two attached hydrogens (primary N) is 1. The average molecular weight is 248 g/mol. The third-order valence-corrected chi connectivity index (χ3v) is 2.91. The number of anilines is 1. The summed E-state index contributed by atoms with van der Waals surface area (Å²) in [5.41, 5.74) is 7.11. The minimum absolute atomic E-state index is 0.182. The molecule has 5 nitrogen and oxygen atoms in total. The Morgan fingerprint density at radius 3 is 2.71 bits per heavy atom. The molecule has 0 aliphatic rings. The number of phenolic OH excluding ortho intramolecular Hbond substituents is 1. The van der Waals surface area contributed by atoms with Gasteiger partial charge in [0.2, 0.25) is 5.95 Å². The molecule has 0 amide bonds. The first-order valence-electron chi connectivity index (χ1n) is 4.96. The third kappa shape index (κ3) is 2.31. The molecule has 17 heavy (non-hydrogen) atoms. The summed E-state index contributed by atoms with van der Waals surface area (Å²) in [5.74, 6) is 0.879. The summed E-state index contributed by atoms with van der Waals surface area (Å²) in [6.07, 6.45) is 1.87. The largest absolute Gasteiger partial charge is 0.508 e. The zero-order valence-electron chi connectivity index (χ0n) is 9.51. The van der Waals surface area contributed by atoms with Crippen molar-refractivity contribution in [1.82, 2.24) is 15.0 Å². The molecule has 0 aliphatic heterocycles. The van der Waals surface area contributed by atoms with Crippen LogP contribution in [-0.4, -0.2) is 26.3 Å². The van der Waals surface area contributed by atoms with Gasteiger partial charge in [0.05, 0.1) is 0 Å². The molecule has 0 radical (unpaired) electrons. The molecule has 0 atom stereocenters. The monoisotopic (exact) mass is 248 g/mol. The first-order valence-corrected chi connectivity index (χ1v) is 6.19. The van der Waals surface area contributed by atoms with Gasteiger partial charge < -0.3 is 10.8 Å². The van der Waals surface area contributed by atoms with Crippen molar-refractivity contribution in [3.63, 3.8) is 0 Å². The maximum absolute atomic E-state index is 9.65. The van der Waals surface area contributed by atoms with Gasteiger partial charge in [0.1, 0.15) is 5.75 Å². The second kappa shape index (κ2) is 4.58. The minimum atomic E-state index is 0.182. The summed E-state index contributed by atoms with van der Waals surface area (Å²) in [5, 5.41) is 10.2. The molecule has 88 valence electrons.